The van der Waals surface area contributed by atoms with Crippen LogP contribution in [0, 0.1) is 0 Å². The van der Waals surface area contributed by atoms with Crippen LogP contribution in [0.25, 0.3) is 10.9 Å². The summed E-state index contributed by atoms with van der Waals surface area (Å²) in [5, 5.41) is 3.62. The summed E-state index contributed by atoms with van der Waals surface area (Å²) < 4.78 is 28.7. The first-order valence-corrected chi connectivity index (χ1v) is 10.3. The van der Waals surface area contributed by atoms with Crippen LogP contribution in [0.3, 0.4) is 0 Å². The van der Waals surface area contributed by atoms with Crippen LogP contribution in [0.1, 0.15) is 12.7 Å². The van der Waals surface area contributed by atoms with E-state index in [1.807, 2.05) is 17.9 Å². The monoisotopic (exact) mass is 397 g/mol. The van der Waals surface area contributed by atoms with Crippen molar-refractivity contribution in [3.8, 4) is 0 Å². The highest BCUT2D eigenvalue weighted by atomic mass is 32.2. The second-order valence-corrected chi connectivity index (χ2v) is 8.04. The molecular formula is C19H19N5O3S. The number of nitrogens with one attached hydrogen (secondary N) is 2. The normalized spacial score (nSPS) is 15.1. The minimum Gasteiger partial charge on any atom is -0.341 e. The maximum atomic E-state index is 12.4. The highest BCUT2D eigenvalue weighted by molar-refractivity contribution is 7.90. The Morgan fingerprint density at radius 1 is 1.04 bits per heavy atom. The highest BCUT2D eigenvalue weighted by Gasteiger charge is 2.25. The van der Waals surface area contributed by atoms with Crippen molar-refractivity contribution in [3.05, 3.63) is 64.7 Å². The molecule has 0 amide bonds. The van der Waals surface area contributed by atoms with Crippen LogP contribution in [0.4, 0.5) is 5.69 Å². The quantitative estimate of drug-likeness (QED) is 0.681. The van der Waals surface area contributed by atoms with Gasteiger partial charge >= 0.3 is 0 Å². The molecular weight excluding hydrogens is 378 g/mol. The Hall–Kier alpha value is -3.04. The van der Waals surface area contributed by atoms with Gasteiger partial charge in [-0.2, -0.15) is 8.42 Å². The van der Waals surface area contributed by atoms with Gasteiger partial charge in [0, 0.05) is 0 Å². The number of aromatic amines is 1. The number of H-pyrrole nitrogens is 1. The predicted octanol–water partition coefficient (Wildman–Crippen LogP) is 1.96. The molecule has 0 aliphatic carbocycles. The number of hydrogen-bond donors (Lipinski definition) is 2. The predicted molar refractivity (Wildman–Crippen MR) is 108 cm³/mol. The third-order valence-corrected chi connectivity index (χ3v) is 5.90. The van der Waals surface area contributed by atoms with E-state index in [9.17, 15) is 13.2 Å². The number of para-hydroxylation sites is 2. The zero-order valence-corrected chi connectivity index (χ0v) is 16.0. The number of aromatic nitrogens is 2. The number of sulfonamides is 1. The molecule has 0 saturated carbocycles. The van der Waals surface area contributed by atoms with Gasteiger partial charge < -0.3 is 10.3 Å². The molecule has 0 fully saturated rings. The van der Waals surface area contributed by atoms with E-state index in [0.717, 1.165) is 0 Å². The molecule has 0 saturated heterocycles. The molecule has 2 N–H and O–H groups in total. The van der Waals surface area contributed by atoms with Crippen molar-refractivity contribution >= 4 is 32.4 Å². The molecule has 0 bridgehead atoms. The molecule has 144 valence electrons. The number of hydrogen-bond acceptors (Lipinski definition) is 6. The Bertz CT molecular complexity index is 1230. The number of rotatable bonds is 5. The second kappa shape index (κ2) is 7.17. The number of likely N-dealkylation sites (N-methyl/N-ethyl adjacent to an activating group) is 1. The van der Waals surface area contributed by atoms with Crippen LogP contribution >= 0.6 is 0 Å². The number of benzene rings is 2. The van der Waals surface area contributed by atoms with Crippen molar-refractivity contribution in [1.82, 2.24) is 14.9 Å². The summed E-state index contributed by atoms with van der Waals surface area (Å²) in [6, 6.07) is 13.8. The van der Waals surface area contributed by atoms with E-state index in [4.69, 9.17) is 0 Å². The molecule has 0 spiro atoms. The van der Waals surface area contributed by atoms with Crippen molar-refractivity contribution in [3.63, 3.8) is 0 Å². The Morgan fingerprint density at radius 3 is 2.61 bits per heavy atom. The molecule has 1 aliphatic heterocycles. The van der Waals surface area contributed by atoms with Crippen LogP contribution in [0.2, 0.25) is 0 Å². The van der Waals surface area contributed by atoms with Gasteiger partial charge in [0.15, 0.2) is 0 Å². The summed E-state index contributed by atoms with van der Waals surface area (Å²) in [4.78, 5) is 21.7. The van der Waals surface area contributed by atoms with Crippen LogP contribution in [-0.4, -0.2) is 42.2 Å². The van der Waals surface area contributed by atoms with E-state index < -0.39 is 10.0 Å². The van der Waals surface area contributed by atoms with Gasteiger partial charge in [-0.25, -0.2) is 4.98 Å². The minimum absolute atomic E-state index is 0.169. The molecule has 1 aromatic heterocycles. The zero-order chi connectivity index (χ0) is 19.7. The van der Waals surface area contributed by atoms with Crippen LogP contribution in [-0.2, 0) is 16.6 Å². The molecule has 4 rings (SSSR count). The van der Waals surface area contributed by atoms with Gasteiger partial charge in [0.25, 0.3) is 15.6 Å². The standard InChI is InChI=1S/C19H19N5O3S/c1-2-24(11-17-20-14-8-4-3-7-13(14)19(25)22-17)12-18-21-15-9-5-6-10-16(15)28(26,27)23-18/h3-10H,2,11-12H2,1H3,(H,21,23)(H,20,22,25). The first-order valence-electron chi connectivity index (χ1n) is 8.86. The van der Waals surface area contributed by atoms with E-state index in [2.05, 4.69) is 19.7 Å². The van der Waals surface area contributed by atoms with Crippen LogP contribution in [0.5, 0.6) is 0 Å². The fourth-order valence-electron chi connectivity index (χ4n) is 3.15. The van der Waals surface area contributed by atoms with Gasteiger partial charge in [0.05, 0.1) is 29.7 Å². The summed E-state index contributed by atoms with van der Waals surface area (Å²) in [6.07, 6.45) is 0. The molecule has 9 heteroatoms. The number of fused-ring (bicyclic) bond motifs is 2. The summed E-state index contributed by atoms with van der Waals surface area (Å²) in [7, 11) is -3.73. The van der Waals surface area contributed by atoms with Crippen molar-refractivity contribution in [2.45, 2.75) is 18.4 Å². The second-order valence-electron chi connectivity index (χ2n) is 6.47. The van der Waals surface area contributed by atoms with E-state index in [1.54, 1.807) is 36.4 Å². The third-order valence-electron chi connectivity index (χ3n) is 4.53. The fourth-order valence-corrected chi connectivity index (χ4v) is 4.29. The minimum atomic E-state index is -3.73. The van der Waals surface area contributed by atoms with E-state index in [0.29, 0.717) is 41.3 Å². The molecule has 2 aromatic carbocycles. The van der Waals surface area contributed by atoms with Gasteiger partial charge in [-0.05, 0) is 30.8 Å². The van der Waals surface area contributed by atoms with E-state index >= 15 is 0 Å². The lowest BCUT2D eigenvalue weighted by atomic mass is 10.2. The SMILES string of the molecule is CCN(CC1=NS(=O)(=O)c2ccccc2N1)Cc1nc2ccccc2c(=O)[nH]1. The van der Waals surface area contributed by atoms with E-state index in [1.165, 1.54) is 6.07 Å². The number of amidine groups is 1. The van der Waals surface area contributed by atoms with E-state index in [-0.39, 0.29) is 17.0 Å². The summed E-state index contributed by atoms with van der Waals surface area (Å²) in [5.41, 5.74) is 0.948. The van der Waals surface area contributed by atoms with Crippen molar-refractivity contribution in [1.29, 1.82) is 0 Å². The molecule has 0 unspecified atom stereocenters. The lowest BCUT2D eigenvalue weighted by Crippen LogP contribution is -2.36. The summed E-state index contributed by atoms with van der Waals surface area (Å²) in [6.45, 7) is 3.21. The van der Waals surface area contributed by atoms with Crippen molar-refractivity contribution < 1.29 is 8.42 Å². The topological polar surface area (TPSA) is 108 Å². The fraction of sp³-hybridized carbons (Fsp3) is 0.211. The molecule has 0 atom stereocenters. The Morgan fingerprint density at radius 2 is 1.79 bits per heavy atom. The summed E-state index contributed by atoms with van der Waals surface area (Å²) in [5.74, 6) is 0.855. The van der Waals surface area contributed by atoms with Crippen molar-refractivity contribution in [2.24, 2.45) is 4.40 Å². The average molecular weight is 397 g/mol. The molecule has 8 nitrogen and oxygen atoms in total. The maximum Gasteiger partial charge on any atom is 0.286 e. The lowest BCUT2D eigenvalue weighted by Gasteiger charge is -2.24. The maximum absolute atomic E-state index is 12.4. The van der Waals surface area contributed by atoms with Crippen molar-refractivity contribution in [2.75, 3.05) is 18.4 Å². The Labute approximate surface area is 162 Å². The molecule has 2 heterocycles. The van der Waals surface area contributed by atoms with Gasteiger partial charge in [0.1, 0.15) is 16.6 Å². The smallest absolute Gasteiger partial charge is 0.286 e. The van der Waals surface area contributed by atoms with Gasteiger partial charge in [-0.15, -0.1) is 4.40 Å². The third kappa shape index (κ3) is 3.54. The first-order chi connectivity index (χ1) is 13.5. The molecule has 28 heavy (non-hydrogen) atoms. The summed E-state index contributed by atoms with van der Waals surface area (Å²) >= 11 is 0. The molecule has 0 radical (unpaired) electrons. The van der Waals surface area contributed by atoms with Gasteiger partial charge in [-0.1, -0.05) is 31.2 Å². The first kappa shape index (κ1) is 18.3. The van der Waals surface area contributed by atoms with Gasteiger partial charge in [-0.3, -0.25) is 9.69 Å². The van der Waals surface area contributed by atoms with Crippen LogP contribution in [0.15, 0.2) is 62.6 Å². The van der Waals surface area contributed by atoms with Crippen LogP contribution < -0.4 is 10.9 Å². The average Bonchev–Trinajstić information content (AvgIpc) is 2.67. The number of anilines is 1. The number of nitrogens with zero attached hydrogens (tertiary/aromatic N) is 3. The molecule has 1 aliphatic rings. The molecule has 3 aromatic rings. The Kier molecular flexibility index (Phi) is 4.70. The largest absolute Gasteiger partial charge is 0.341 e. The highest BCUT2D eigenvalue weighted by Crippen LogP contribution is 2.26. The Balaban J connectivity index is 1.58. The zero-order valence-electron chi connectivity index (χ0n) is 15.2. The lowest BCUT2D eigenvalue weighted by molar-refractivity contribution is 0.312. The van der Waals surface area contributed by atoms with Gasteiger partial charge in [0.2, 0.25) is 0 Å².